The van der Waals surface area contributed by atoms with E-state index in [1.165, 1.54) is 30.5 Å². The summed E-state index contributed by atoms with van der Waals surface area (Å²) < 4.78 is 1.88. The molecule has 0 radical (unpaired) electrons. The molecule has 2 heterocycles. The van der Waals surface area contributed by atoms with Crippen LogP contribution in [0, 0.1) is 0 Å². The van der Waals surface area contributed by atoms with Crippen molar-refractivity contribution in [2.75, 3.05) is 32.7 Å². The van der Waals surface area contributed by atoms with Gasteiger partial charge in [-0.2, -0.15) is 0 Å². The third kappa shape index (κ3) is 5.75. The van der Waals surface area contributed by atoms with Crippen LogP contribution < -0.4 is 5.69 Å². The zero-order chi connectivity index (χ0) is 23.9. The van der Waals surface area contributed by atoms with Gasteiger partial charge >= 0.3 is 5.69 Å². The van der Waals surface area contributed by atoms with Gasteiger partial charge in [0.05, 0.1) is 17.1 Å². The van der Waals surface area contributed by atoms with Gasteiger partial charge in [-0.15, -0.1) is 0 Å². The van der Waals surface area contributed by atoms with Crippen LogP contribution in [0.2, 0.25) is 0 Å². The maximum atomic E-state index is 12.2. The topological polar surface area (TPSA) is 44.3 Å². The second kappa shape index (κ2) is 11.5. The van der Waals surface area contributed by atoms with Crippen molar-refractivity contribution in [2.24, 2.45) is 0 Å². The van der Waals surface area contributed by atoms with Gasteiger partial charge < -0.3 is 9.88 Å². The highest BCUT2D eigenvalue weighted by atomic mass is 16.1. The number of unbranched alkanes of at least 4 members (excludes halogenated alkanes) is 3. The minimum absolute atomic E-state index is 0.00776. The first-order valence-electron chi connectivity index (χ1n) is 13.0. The molecule has 0 atom stereocenters. The Labute approximate surface area is 208 Å². The van der Waals surface area contributed by atoms with Crippen molar-refractivity contribution in [3.05, 3.63) is 107 Å². The number of piperazine rings is 1. The van der Waals surface area contributed by atoms with E-state index in [-0.39, 0.29) is 5.69 Å². The van der Waals surface area contributed by atoms with Gasteiger partial charge in [-0.3, -0.25) is 9.47 Å². The Morgan fingerprint density at radius 2 is 1.23 bits per heavy atom. The second-order valence-electron chi connectivity index (χ2n) is 9.61. The Kier molecular flexibility index (Phi) is 7.76. The minimum Gasteiger partial charge on any atom is -0.306 e. The lowest BCUT2D eigenvalue weighted by Gasteiger charge is -2.39. The molecule has 1 aliphatic heterocycles. The molecule has 0 bridgehead atoms. The highest BCUT2D eigenvalue weighted by Crippen LogP contribution is 2.29. The molecule has 35 heavy (non-hydrogen) atoms. The van der Waals surface area contributed by atoms with Crippen LogP contribution in [0.4, 0.5) is 0 Å². The summed E-state index contributed by atoms with van der Waals surface area (Å²) in [6.45, 7) is 6.40. The zero-order valence-electron chi connectivity index (χ0n) is 20.5. The molecular formula is C30H36N4O. The molecule has 1 aliphatic rings. The monoisotopic (exact) mass is 468 g/mol. The molecule has 5 heteroatoms. The minimum atomic E-state index is 0.00776. The number of aromatic nitrogens is 2. The van der Waals surface area contributed by atoms with Gasteiger partial charge in [0.2, 0.25) is 0 Å². The number of hydrogen-bond acceptors (Lipinski definition) is 3. The third-order valence-corrected chi connectivity index (χ3v) is 7.29. The van der Waals surface area contributed by atoms with Gasteiger partial charge in [-0.25, -0.2) is 4.79 Å². The van der Waals surface area contributed by atoms with E-state index in [9.17, 15) is 4.79 Å². The first-order valence-corrected chi connectivity index (χ1v) is 13.0. The van der Waals surface area contributed by atoms with Crippen molar-refractivity contribution in [3.8, 4) is 0 Å². The fourth-order valence-corrected chi connectivity index (χ4v) is 5.42. The summed E-state index contributed by atoms with van der Waals surface area (Å²) in [7, 11) is 0. The molecule has 0 unspecified atom stereocenters. The van der Waals surface area contributed by atoms with E-state index in [4.69, 9.17) is 0 Å². The molecule has 0 aliphatic carbocycles. The lowest BCUT2D eigenvalue weighted by Crippen LogP contribution is -2.48. The Balaban J connectivity index is 1.06. The normalized spacial score (nSPS) is 15.2. The summed E-state index contributed by atoms with van der Waals surface area (Å²) >= 11 is 0. The summed E-state index contributed by atoms with van der Waals surface area (Å²) in [5.41, 5.74) is 4.70. The van der Waals surface area contributed by atoms with Gasteiger partial charge in [0.25, 0.3) is 0 Å². The fraction of sp³-hybridized carbons (Fsp3) is 0.367. The van der Waals surface area contributed by atoms with Crippen molar-refractivity contribution < 1.29 is 0 Å². The summed E-state index contributed by atoms with van der Waals surface area (Å²) in [6, 6.07) is 30.1. The van der Waals surface area contributed by atoms with Crippen LogP contribution in [0.25, 0.3) is 11.0 Å². The second-order valence-corrected chi connectivity index (χ2v) is 9.61. The molecule has 1 fully saturated rings. The smallest absolute Gasteiger partial charge is 0.306 e. The quantitative estimate of drug-likeness (QED) is 0.321. The number of rotatable bonds is 10. The van der Waals surface area contributed by atoms with Gasteiger partial charge in [0, 0.05) is 32.7 Å². The Morgan fingerprint density at radius 1 is 0.657 bits per heavy atom. The molecular weight excluding hydrogens is 432 g/mol. The average molecular weight is 469 g/mol. The first-order chi connectivity index (χ1) is 17.3. The van der Waals surface area contributed by atoms with Crippen LogP contribution in [-0.2, 0) is 6.54 Å². The number of hydrogen-bond donors (Lipinski definition) is 1. The van der Waals surface area contributed by atoms with E-state index < -0.39 is 0 Å². The van der Waals surface area contributed by atoms with E-state index in [2.05, 4.69) is 75.4 Å². The molecule has 0 amide bonds. The number of fused-ring (bicyclic) bond motifs is 1. The maximum absolute atomic E-state index is 12.2. The summed E-state index contributed by atoms with van der Waals surface area (Å²) in [5.74, 6) is 0. The number of nitrogens with zero attached hydrogens (tertiary/aromatic N) is 3. The molecule has 1 N–H and O–H groups in total. The van der Waals surface area contributed by atoms with E-state index in [1.54, 1.807) is 0 Å². The summed E-state index contributed by atoms with van der Waals surface area (Å²) in [4.78, 5) is 20.4. The molecule has 0 saturated carbocycles. The van der Waals surface area contributed by atoms with E-state index in [1.807, 2.05) is 28.8 Å². The predicted octanol–water partition coefficient (Wildman–Crippen LogP) is 5.30. The van der Waals surface area contributed by atoms with Crippen molar-refractivity contribution in [2.45, 2.75) is 38.3 Å². The van der Waals surface area contributed by atoms with Crippen LogP contribution >= 0.6 is 0 Å². The Bertz CT molecular complexity index is 1200. The van der Waals surface area contributed by atoms with Crippen molar-refractivity contribution in [3.63, 3.8) is 0 Å². The number of aromatic amines is 1. The Morgan fingerprint density at radius 3 is 1.89 bits per heavy atom. The number of nitrogens with one attached hydrogen (secondary N) is 1. The van der Waals surface area contributed by atoms with Crippen LogP contribution in [0.3, 0.4) is 0 Å². The molecule has 1 saturated heterocycles. The van der Waals surface area contributed by atoms with Crippen molar-refractivity contribution >= 4 is 11.0 Å². The third-order valence-electron chi connectivity index (χ3n) is 7.29. The zero-order valence-corrected chi connectivity index (χ0v) is 20.5. The molecule has 0 spiro atoms. The molecule has 1 aromatic heterocycles. The Hall–Kier alpha value is -3.15. The highest BCUT2D eigenvalue weighted by Gasteiger charge is 2.26. The number of para-hydroxylation sites is 2. The number of H-pyrrole nitrogens is 1. The van der Waals surface area contributed by atoms with Crippen molar-refractivity contribution in [1.29, 1.82) is 0 Å². The predicted molar refractivity (Wildman–Crippen MR) is 144 cm³/mol. The SMILES string of the molecule is O=c1[nH]c2ccccc2n1CCCCCCN1CCN(C(c2ccccc2)c2ccccc2)CC1. The number of imidazole rings is 1. The van der Waals surface area contributed by atoms with Crippen LogP contribution in [0.5, 0.6) is 0 Å². The lowest BCUT2D eigenvalue weighted by atomic mass is 9.96. The van der Waals surface area contributed by atoms with Gasteiger partial charge in [-0.1, -0.05) is 85.6 Å². The van der Waals surface area contributed by atoms with Crippen molar-refractivity contribution in [1.82, 2.24) is 19.4 Å². The molecule has 3 aromatic carbocycles. The fourth-order valence-electron chi connectivity index (χ4n) is 5.42. The number of benzene rings is 3. The van der Waals surface area contributed by atoms with Crippen LogP contribution in [-0.4, -0.2) is 52.1 Å². The van der Waals surface area contributed by atoms with E-state index >= 15 is 0 Å². The molecule has 182 valence electrons. The largest absolute Gasteiger partial charge is 0.326 e. The highest BCUT2D eigenvalue weighted by molar-refractivity contribution is 5.74. The first kappa shape index (κ1) is 23.6. The van der Waals surface area contributed by atoms with E-state index in [0.717, 1.165) is 56.6 Å². The van der Waals surface area contributed by atoms with Gasteiger partial charge in [0.1, 0.15) is 0 Å². The molecule has 5 rings (SSSR count). The van der Waals surface area contributed by atoms with Gasteiger partial charge in [0.15, 0.2) is 0 Å². The number of aryl methyl sites for hydroxylation is 1. The molecule has 5 nitrogen and oxygen atoms in total. The summed E-state index contributed by atoms with van der Waals surface area (Å²) in [6.07, 6.45) is 4.65. The maximum Gasteiger partial charge on any atom is 0.326 e. The summed E-state index contributed by atoms with van der Waals surface area (Å²) in [5, 5.41) is 0. The standard InChI is InChI=1S/C30H36N4O/c35-30-31-27-17-9-10-18-28(27)34(30)20-12-2-1-11-19-32-21-23-33(24-22-32)29(25-13-5-3-6-14-25)26-15-7-4-8-16-26/h3-10,13-18,29H,1-2,11-12,19-24H2,(H,31,35). The van der Waals surface area contributed by atoms with Gasteiger partial charge in [-0.05, 0) is 42.6 Å². The van der Waals surface area contributed by atoms with Crippen LogP contribution in [0.15, 0.2) is 89.7 Å². The lowest BCUT2D eigenvalue weighted by molar-refractivity contribution is 0.108. The molecule has 4 aromatic rings. The average Bonchev–Trinajstić information content (AvgIpc) is 3.23. The van der Waals surface area contributed by atoms with E-state index in [0.29, 0.717) is 6.04 Å². The van der Waals surface area contributed by atoms with Crippen LogP contribution in [0.1, 0.15) is 42.9 Å².